The van der Waals surface area contributed by atoms with E-state index in [1.807, 2.05) is 0 Å². The summed E-state index contributed by atoms with van der Waals surface area (Å²) < 4.78 is 19.2. The molecule has 1 aromatic heterocycles. The molecule has 0 radical (unpaired) electrons. The minimum absolute atomic E-state index is 0.186. The average molecular weight is 459 g/mol. The Balaban J connectivity index is 1.53. The number of hydrogen-bond donors (Lipinski definition) is 5. The molecule has 2 aliphatic rings. The van der Waals surface area contributed by atoms with E-state index < -0.39 is 5.82 Å². The molecule has 0 bridgehead atoms. The summed E-state index contributed by atoms with van der Waals surface area (Å²) in [6.07, 6.45) is 6.40. The van der Waals surface area contributed by atoms with Crippen molar-refractivity contribution < 1.29 is 9.13 Å². The smallest absolute Gasteiger partial charge is 0.233 e. The minimum atomic E-state index is -0.454. The summed E-state index contributed by atoms with van der Waals surface area (Å²) in [6, 6.07) is 5.53. The molecule has 10 heteroatoms. The van der Waals surface area contributed by atoms with Crippen LogP contribution >= 0.6 is 0 Å². The van der Waals surface area contributed by atoms with Gasteiger partial charge in [-0.25, -0.2) is 4.39 Å². The van der Waals surface area contributed by atoms with Crippen LogP contribution in [-0.2, 0) is 0 Å². The number of rotatable bonds is 10. The van der Waals surface area contributed by atoms with Crippen LogP contribution < -0.4 is 31.7 Å². The van der Waals surface area contributed by atoms with Gasteiger partial charge in [-0.1, -0.05) is 6.92 Å². The standard InChI is InChI=1S/C23H35FN8O/c1-3-18(19-5-4-10-26-19)29-23-31-21(27-13-14-6-7-15(25)11-14)30-22(32-23)28-16-8-9-20(33-2)17(24)12-16/h8-9,12,14-15,18-19,26H,3-7,10-11,13,25H2,1-2H3,(H3,27,28,29,30,31,32). The number of nitrogens with zero attached hydrogens (tertiary/aromatic N) is 3. The molecule has 1 aliphatic heterocycles. The zero-order chi connectivity index (χ0) is 23.2. The van der Waals surface area contributed by atoms with Gasteiger partial charge in [-0.2, -0.15) is 15.0 Å². The van der Waals surface area contributed by atoms with Crippen molar-refractivity contribution in [2.45, 2.75) is 63.6 Å². The van der Waals surface area contributed by atoms with Crippen molar-refractivity contribution in [3.05, 3.63) is 24.0 Å². The van der Waals surface area contributed by atoms with Gasteiger partial charge >= 0.3 is 0 Å². The van der Waals surface area contributed by atoms with Gasteiger partial charge in [-0.15, -0.1) is 0 Å². The van der Waals surface area contributed by atoms with Crippen LogP contribution in [0.1, 0.15) is 45.4 Å². The molecular weight excluding hydrogens is 423 g/mol. The van der Waals surface area contributed by atoms with Gasteiger partial charge in [0, 0.05) is 36.4 Å². The molecule has 2 heterocycles. The van der Waals surface area contributed by atoms with E-state index in [0.717, 1.165) is 45.2 Å². The van der Waals surface area contributed by atoms with Gasteiger partial charge in [0.05, 0.1) is 7.11 Å². The largest absolute Gasteiger partial charge is 0.494 e. The first-order valence-corrected chi connectivity index (χ1v) is 11.9. The molecule has 0 amide bonds. The third-order valence-corrected chi connectivity index (χ3v) is 6.51. The van der Waals surface area contributed by atoms with E-state index in [4.69, 9.17) is 10.5 Å². The molecule has 4 unspecified atom stereocenters. The van der Waals surface area contributed by atoms with E-state index in [1.165, 1.54) is 19.6 Å². The average Bonchev–Trinajstić information content (AvgIpc) is 3.48. The van der Waals surface area contributed by atoms with E-state index in [2.05, 4.69) is 43.1 Å². The third kappa shape index (κ3) is 6.20. The number of anilines is 4. The summed E-state index contributed by atoms with van der Waals surface area (Å²) in [6.45, 7) is 3.95. The zero-order valence-electron chi connectivity index (χ0n) is 19.4. The lowest BCUT2D eigenvalue weighted by Crippen LogP contribution is -2.40. The summed E-state index contributed by atoms with van der Waals surface area (Å²) in [7, 11) is 1.44. The maximum atomic E-state index is 14.2. The van der Waals surface area contributed by atoms with Gasteiger partial charge in [0.25, 0.3) is 0 Å². The molecule has 1 saturated carbocycles. The second-order valence-corrected chi connectivity index (χ2v) is 8.96. The molecule has 180 valence electrons. The normalized spacial score (nSPS) is 23.3. The maximum absolute atomic E-state index is 14.2. The lowest BCUT2D eigenvalue weighted by Gasteiger charge is -2.24. The number of methoxy groups -OCH3 is 1. The van der Waals surface area contributed by atoms with E-state index in [9.17, 15) is 4.39 Å². The van der Waals surface area contributed by atoms with Crippen LogP contribution in [0.15, 0.2) is 18.2 Å². The van der Waals surface area contributed by atoms with Gasteiger partial charge in [0.1, 0.15) is 0 Å². The van der Waals surface area contributed by atoms with Gasteiger partial charge in [0.2, 0.25) is 17.8 Å². The fourth-order valence-corrected chi connectivity index (χ4v) is 4.69. The van der Waals surface area contributed by atoms with Crippen molar-refractivity contribution in [2.75, 3.05) is 36.1 Å². The van der Waals surface area contributed by atoms with Gasteiger partial charge in [-0.3, -0.25) is 0 Å². The zero-order valence-corrected chi connectivity index (χ0v) is 19.4. The summed E-state index contributed by atoms with van der Waals surface area (Å²) in [5.41, 5.74) is 6.59. The predicted octanol–water partition coefficient (Wildman–Crippen LogP) is 3.24. The van der Waals surface area contributed by atoms with Crippen LogP contribution in [0.2, 0.25) is 0 Å². The Hall–Kier alpha value is -2.72. The van der Waals surface area contributed by atoms with Crippen molar-refractivity contribution in [2.24, 2.45) is 11.7 Å². The van der Waals surface area contributed by atoms with Crippen molar-refractivity contribution in [1.82, 2.24) is 20.3 Å². The molecule has 0 spiro atoms. The SMILES string of the molecule is CCC(Nc1nc(NCC2CCC(N)C2)nc(Nc2ccc(OC)c(F)c2)n1)C1CCCN1. The van der Waals surface area contributed by atoms with Crippen molar-refractivity contribution in [1.29, 1.82) is 0 Å². The lowest BCUT2D eigenvalue weighted by atomic mass is 10.0. The second-order valence-electron chi connectivity index (χ2n) is 8.96. The molecular formula is C23H35FN8O. The number of nitrogens with two attached hydrogens (primary N) is 1. The fraction of sp³-hybridized carbons (Fsp3) is 0.609. The van der Waals surface area contributed by atoms with E-state index in [1.54, 1.807) is 12.1 Å². The molecule has 9 nitrogen and oxygen atoms in total. The Labute approximate surface area is 194 Å². The quantitative estimate of drug-likeness (QED) is 0.365. The molecule has 1 aromatic carbocycles. The third-order valence-electron chi connectivity index (χ3n) is 6.51. The number of nitrogens with one attached hydrogen (secondary N) is 4. The van der Waals surface area contributed by atoms with Gasteiger partial charge < -0.3 is 31.7 Å². The van der Waals surface area contributed by atoms with Crippen LogP contribution in [0.4, 0.5) is 27.9 Å². The van der Waals surface area contributed by atoms with Crippen molar-refractivity contribution >= 4 is 23.5 Å². The second kappa shape index (κ2) is 10.9. The molecule has 1 saturated heterocycles. The van der Waals surface area contributed by atoms with Crippen LogP contribution in [0.5, 0.6) is 5.75 Å². The lowest BCUT2D eigenvalue weighted by molar-refractivity contribution is 0.386. The molecule has 4 rings (SSSR count). The number of halogens is 1. The van der Waals surface area contributed by atoms with E-state index in [-0.39, 0.29) is 17.8 Å². The van der Waals surface area contributed by atoms with E-state index in [0.29, 0.717) is 35.5 Å². The molecule has 6 N–H and O–H groups in total. The maximum Gasteiger partial charge on any atom is 0.233 e. The number of aromatic nitrogens is 3. The highest BCUT2D eigenvalue weighted by molar-refractivity contribution is 5.57. The van der Waals surface area contributed by atoms with Gasteiger partial charge in [-0.05, 0) is 63.1 Å². The van der Waals surface area contributed by atoms with Crippen LogP contribution in [-0.4, -0.2) is 53.3 Å². The fourth-order valence-electron chi connectivity index (χ4n) is 4.69. The Bertz CT molecular complexity index is 923. The number of hydrogen-bond acceptors (Lipinski definition) is 9. The Morgan fingerprint density at radius 2 is 2.00 bits per heavy atom. The first-order valence-electron chi connectivity index (χ1n) is 11.9. The monoisotopic (exact) mass is 458 g/mol. The van der Waals surface area contributed by atoms with Crippen LogP contribution in [0, 0.1) is 11.7 Å². The number of ether oxygens (including phenoxy) is 1. The molecule has 2 fully saturated rings. The highest BCUT2D eigenvalue weighted by Gasteiger charge is 2.25. The summed E-state index contributed by atoms with van der Waals surface area (Å²) in [4.78, 5) is 13.7. The molecule has 33 heavy (non-hydrogen) atoms. The highest BCUT2D eigenvalue weighted by atomic mass is 19.1. The Kier molecular flexibility index (Phi) is 7.77. The Morgan fingerprint density at radius 1 is 1.18 bits per heavy atom. The summed E-state index contributed by atoms with van der Waals surface area (Å²) in [5, 5.41) is 13.5. The summed E-state index contributed by atoms with van der Waals surface area (Å²) >= 11 is 0. The summed E-state index contributed by atoms with van der Waals surface area (Å²) in [5.74, 6) is 1.56. The van der Waals surface area contributed by atoms with Crippen LogP contribution in [0.25, 0.3) is 0 Å². The van der Waals surface area contributed by atoms with Gasteiger partial charge in [0.15, 0.2) is 11.6 Å². The van der Waals surface area contributed by atoms with Crippen molar-refractivity contribution in [3.63, 3.8) is 0 Å². The topological polar surface area (TPSA) is 122 Å². The van der Waals surface area contributed by atoms with E-state index >= 15 is 0 Å². The molecule has 1 aliphatic carbocycles. The van der Waals surface area contributed by atoms with Crippen molar-refractivity contribution in [3.8, 4) is 5.75 Å². The highest BCUT2D eigenvalue weighted by Crippen LogP contribution is 2.26. The predicted molar refractivity (Wildman–Crippen MR) is 129 cm³/mol. The number of benzene rings is 1. The first-order chi connectivity index (χ1) is 16.0. The minimum Gasteiger partial charge on any atom is -0.494 e. The molecule has 4 atom stereocenters. The Morgan fingerprint density at radius 3 is 2.67 bits per heavy atom. The molecule has 2 aromatic rings. The first kappa shape index (κ1) is 23.4. The van der Waals surface area contributed by atoms with Crippen LogP contribution in [0.3, 0.4) is 0 Å².